The van der Waals surface area contributed by atoms with Gasteiger partial charge in [-0.15, -0.1) is 0 Å². The van der Waals surface area contributed by atoms with Crippen molar-refractivity contribution >= 4 is 17.5 Å². The summed E-state index contributed by atoms with van der Waals surface area (Å²) in [6.45, 7) is 0. The number of amides is 2. The monoisotopic (exact) mass is 342 g/mol. The lowest BCUT2D eigenvalue weighted by Crippen LogP contribution is -2.27. The van der Waals surface area contributed by atoms with Crippen molar-refractivity contribution in [1.29, 1.82) is 0 Å². The van der Waals surface area contributed by atoms with E-state index in [9.17, 15) is 19.1 Å². The number of aliphatic hydroxyl groups excluding tert-OH is 1. The van der Waals surface area contributed by atoms with E-state index >= 15 is 0 Å². The highest BCUT2D eigenvalue weighted by molar-refractivity contribution is 6.04. The fourth-order valence-electron chi connectivity index (χ4n) is 2.49. The van der Waals surface area contributed by atoms with Crippen LogP contribution in [0.2, 0.25) is 0 Å². The van der Waals surface area contributed by atoms with E-state index in [4.69, 9.17) is 0 Å². The number of halogens is 1. The first-order valence-corrected chi connectivity index (χ1v) is 8.16. The van der Waals surface area contributed by atoms with Crippen LogP contribution < -0.4 is 10.6 Å². The van der Waals surface area contributed by atoms with Gasteiger partial charge in [-0.2, -0.15) is 0 Å². The normalized spacial score (nSPS) is 14.6. The van der Waals surface area contributed by atoms with Crippen molar-refractivity contribution in [3.63, 3.8) is 0 Å². The Labute approximate surface area is 144 Å². The zero-order valence-electron chi connectivity index (χ0n) is 13.5. The average Bonchev–Trinajstić information content (AvgIpc) is 3.39. The molecule has 0 heterocycles. The predicted octanol–water partition coefficient (Wildman–Crippen LogP) is 2.78. The van der Waals surface area contributed by atoms with Crippen LogP contribution in [-0.2, 0) is 4.79 Å². The Kier molecular flexibility index (Phi) is 5.09. The maximum Gasteiger partial charge on any atom is 0.253 e. The first-order valence-electron chi connectivity index (χ1n) is 8.16. The molecule has 3 rings (SSSR count). The van der Waals surface area contributed by atoms with Gasteiger partial charge in [0, 0.05) is 6.04 Å². The molecule has 0 aliphatic heterocycles. The number of para-hydroxylation sites is 1. The molecule has 1 aliphatic carbocycles. The van der Waals surface area contributed by atoms with Crippen molar-refractivity contribution in [2.45, 2.75) is 31.4 Å². The topological polar surface area (TPSA) is 78.4 Å². The van der Waals surface area contributed by atoms with Crippen LogP contribution in [0, 0.1) is 5.82 Å². The number of carbonyl (C=O) groups is 2. The quantitative estimate of drug-likeness (QED) is 0.755. The van der Waals surface area contributed by atoms with E-state index < -0.39 is 17.8 Å². The zero-order valence-corrected chi connectivity index (χ0v) is 13.5. The summed E-state index contributed by atoms with van der Waals surface area (Å²) in [6, 6.07) is 12.4. The maximum atomic E-state index is 13.2. The standard InChI is InChI=1S/C19H19FN2O3/c20-13-5-3-4-12(10-13)17(23)11-18(24)22-16-7-2-1-6-15(16)19(25)21-14-8-9-14/h1-7,10,14,17,23H,8-9,11H2,(H,21,25)(H,22,24). The van der Waals surface area contributed by atoms with Crippen LogP contribution in [0.4, 0.5) is 10.1 Å². The molecule has 2 aromatic carbocycles. The fourth-order valence-corrected chi connectivity index (χ4v) is 2.49. The molecule has 3 N–H and O–H groups in total. The summed E-state index contributed by atoms with van der Waals surface area (Å²) in [6.07, 6.45) is 0.588. The molecule has 1 aliphatic rings. The Balaban J connectivity index is 1.65. The molecule has 1 atom stereocenters. The Bertz CT molecular complexity index is 790. The van der Waals surface area contributed by atoms with Gasteiger partial charge in [-0.25, -0.2) is 4.39 Å². The molecular weight excluding hydrogens is 323 g/mol. The average molecular weight is 342 g/mol. The summed E-state index contributed by atoms with van der Waals surface area (Å²) >= 11 is 0. The minimum atomic E-state index is -1.12. The number of hydrogen-bond donors (Lipinski definition) is 3. The second kappa shape index (κ2) is 7.44. The van der Waals surface area contributed by atoms with Crippen LogP contribution in [0.3, 0.4) is 0 Å². The van der Waals surface area contributed by atoms with E-state index in [1.54, 1.807) is 30.3 Å². The van der Waals surface area contributed by atoms with Gasteiger partial charge in [-0.05, 0) is 42.7 Å². The number of rotatable bonds is 6. The van der Waals surface area contributed by atoms with E-state index in [2.05, 4.69) is 10.6 Å². The summed E-state index contributed by atoms with van der Waals surface area (Å²) in [5.41, 5.74) is 1.09. The van der Waals surface area contributed by atoms with Crippen molar-refractivity contribution in [1.82, 2.24) is 5.32 Å². The molecular formula is C19H19FN2O3. The first kappa shape index (κ1) is 17.1. The summed E-state index contributed by atoms with van der Waals surface area (Å²) in [5, 5.41) is 15.6. The van der Waals surface area contributed by atoms with Gasteiger partial charge < -0.3 is 15.7 Å². The number of nitrogens with one attached hydrogen (secondary N) is 2. The molecule has 1 fully saturated rings. The Morgan fingerprint density at radius 1 is 1.16 bits per heavy atom. The lowest BCUT2D eigenvalue weighted by atomic mass is 10.1. The maximum absolute atomic E-state index is 13.2. The van der Waals surface area contributed by atoms with Crippen LogP contribution in [0.15, 0.2) is 48.5 Å². The van der Waals surface area contributed by atoms with Crippen molar-refractivity contribution in [2.75, 3.05) is 5.32 Å². The second-order valence-electron chi connectivity index (χ2n) is 6.12. The largest absolute Gasteiger partial charge is 0.388 e. The van der Waals surface area contributed by atoms with Crippen LogP contribution in [-0.4, -0.2) is 23.0 Å². The molecule has 2 amide bonds. The van der Waals surface area contributed by atoms with Gasteiger partial charge in [0.1, 0.15) is 5.82 Å². The van der Waals surface area contributed by atoms with E-state index in [0.29, 0.717) is 16.8 Å². The highest BCUT2D eigenvalue weighted by Crippen LogP contribution is 2.23. The minimum Gasteiger partial charge on any atom is -0.388 e. The molecule has 2 aromatic rings. The highest BCUT2D eigenvalue weighted by Gasteiger charge is 2.25. The molecule has 1 unspecified atom stereocenters. The third-order valence-corrected chi connectivity index (χ3v) is 3.97. The molecule has 1 saturated carbocycles. The molecule has 6 heteroatoms. The number of hydrogen-bond acceptors (Lipinski definition) is 3. The van der Waals surface area contributed by atoms with Crippen molar-refractivity contribution in [3.05, 3.63) is 65.5 Å². The molecule has 0 aromatic heterocycles. The third kappa shape index (κ3) is 4.64. The molecule has 25 heavy (non-hydrogen) atoms. The van der Waals surface area contributed by atoms with E-state index in [-0.39, 0.29) is 18.4 Å². The summed E-state index contributed by atoms with van der Waals surface area (Å²) in [4.78, 5) is 24.4. The SMILES string of the molecule is O=C(CC(O)c1cccc(F)c1)Nc1ccccc1C(=O)NC1CC1. The third-order valence-electron chi connectivity index (χ3n) is 3.97. The van der Waals surface area contributed by atoms with Crippen molar-refractivity contribution in [2.24, 2.45) is 0 Å². The van der Waals surface area contributed by atoms with Crippen LogP contribution >= 0.6 is 0 Å². The Hall–Kier alpha value is -2.73. The molecule has 0 spiro atoms. The van der Waals surface area contributed by atoms with E-state index in [0.717, 1.165) is 12.8 Å². The smallest absolute Gasteiger partial charge is 0.253 e. The molecule has 0 saturated heterocycles. The minimum absolute atomic E-state index is 0.214. The summed E-state index contributed by atoms with van der Waals surface area (Å²) < 4.78 is 13.2. The number of carbonyl (C=O) groups excluding carboxylic acids is 2. The van der Waals surface area contributed by atoms with Gasteiger partial charge in [0.2, 0.25) is 5.91 Å². The molecule has 130 valence electrons. The second-order valence-corrected chi connectivity index (χ2v) is 6.12. The number of benzene rings is 2. The molecule has 0 radical (unpaired) electrons. The highest BCUT2D eigenvalue weighted by atomic mass is 19.1. The Morgan fingerprint density at radius 3 is 2.64 bits per heavy atom. The van der Waals surface area contributed by atoms with Crippen LogP contribution in [0.5, 0.6) is 0 Å². The molecule has 0 bridgehead atoms. The lowest BCUT2D eigenvalue weighted by molar-refractivity contribution is -0.118. The van der Waals surface area contributed by atoms with Gasteiger partial charge in [0.05, 0.1) is 23.8 Å². The van der Waals surface area contributed by atoms with Gasteiger partial charge in [0.15, 0.2) is 0 Å². The van der Waals surface area contributed by atoms with Gasteiger partial charge in [-0.3, -0.25) is 9.59 Å². The van der Waals surface area contributed by atoms with E-state index in [1.807, 2.05) is 0 Å². The summed E-state index contributed by atoms with van der Waals surface area (Å²) in [5.74, 6) is -1.16. The Morgan fingerprint density at radius 2 is 1.92 bits per heavy atom. The summed E-state index contributed by atoms with van der Waals surface area (Å²) in [7, 11) is 0. The first-order chi connectivity index (χ1) is 12.0. The fraction of sp³-hybridized carbons (Fsp3) is 0.263. The molecule has 5 nitrogen and oxygen atoms in total. The van der Waals surface area contributed by atoms with Gasteiger partial charge >= 0.3 is 0 Å². The number of anilines is 1. The van der Waals surface area contributed by atoms with Crippen LogP contribution in [0.1, 0.15) is 41.3 Å². The lowest BCUT2D eigenvalue weighted by Gasteiger charge is -2.14. The van der Waals surface area contributed by atoms with Crippen molar-refractivity contribution < 1.29 is 19.1 Å². The predicted molar refractivity (Wildman–Crippen MR) is 91.5 cm³/mol. The van der Waals surface area contributed by atoms with Gasteiger partial charge in [0.25, 0.3) is 5.91 Å². The van der Waals surface area contributed by atoms with E-state index in [1.165, 1.54) is 18.2 Å². The van der Waals surface area contributed by atoms with Gasteiger partial charge in [-0.1, -0.05) is 24.3 Å². The number of aliphatic hydroxyl groups is 1. The van der Waals surface area contributed by atoms with Crippen LogP contribution in [0.25, 0.3) is 0 Å². The van der Waals surface area contributed by atoms with Crippen molar-refractivity contribution in [3.8, 4) is 0 Å². The zero-order chi connectivity index (χ0) is 17.8.